The van der Waals surface area contributed by atoms with Gasteiger partial charge in [0.05, 0.1) is 18.6 Å². The Bertz CT molecular complexity index is 238. The Morgan fingerprint density at radius 3 is 2.59 bits per heavy atom. The molecule has 0 aromatic rings. The smallest absolute Gasteiger partial charge is 0.324 e. The van der Waals surface area contributed by atoms with Crippen molar-refractivity contribution in [3.05, 3.63) is 0 Å². The van der Waals surface area contributed by atoms with Gasteiger partial charge in [-0.25, -0.2) is 5.26 Å². The van der Waals surface area contributed by atoms with Gasteiger partial charge in [-0.2, -0.15) is 0 Å². The van der Waals surface area contributed by atoms with Crippen molar-refractivity contribution in [1.82, 2.24) is 0 Å². The van der Waals surface area contributed by atoms with E-state index in [1.807, 2.05) is 0 Å². The molecule has 1 rings (SSSR count). The monoisotopic (exact) mass is 264 g/mol. The fraction of sp³-hybridized carbons (Fsp3) is 0.909. The van der Waals surface area contributed by atoms with E-state index in [1.165, 1.54) is 19.3 Å². The van der Waals surface area contributed by atoms with Crippen LogP contribution in [0, 0.1) is 5.92 Å². The average Bonchev–Trinajstić information content (AvgIpc) is 2.34. The van der Waals surface area contributed by atoms with Crippen LogP contribution in [-0.4, -0.2) is 22.6 Å². The van der Waals surface area contributed by atoms with Crippen molar-refractivity contribution >= 4 is 18.0 Å². The lowest BCUT2D eigenvalue weighted by Gasteiger charge is -2.24. The Kier molecular flexibility index (Phi) is 6.26. The molecule has 0 bridgehead atoms. The summed E-state index contributed by atoms with van der Waals surface area (Å²) in [6.45, 7) is 3.78. The van der Waals surface area contributed by atoms with Crippen molar-refractivity contribution in [3.8, 4) is 0 Å². The lowest BCUT2D eigenvalue weighted by molar-refractivity contribution is -0.432. The van der Waals surface area contributed by atoms with Gasteiger partial charge in [-0.1, -0.05) is 24.3 Å². The first-order chi connectivity index (χ1) is 8.06. The lowest BCUT2D eigenvalue weighted by Crippen LogP contribution is -2.32. The molecular formula is C11H20O5S. The van der Waals surface area contributed by atoms with E-state index in [1.54, 1.807) is 13.8 Å². The van der Waals surface area contributed by atoms with Crippen LogP contribution in [-0.2, 0) is 18.9 Å². The number of esters is 1. The third-order valence-corrected chi connectivity index (χ3v) is 3.65. The first-order valence-electron chi connectivity index (χ1n) is 5.89. The van der Waals surface area contributed by atoms with Gasteiger partial charge >= 0.3 is 5.97 Å². The number of carbonyl (C=O) groups is 1. The summed E-state index contributed by atoms with van der Waals surface area (Å²) >= 11 is 0.727. The minimum atomic E-state index is -0.891. The van der Waals surface area contributed by atoms with Crippen LogP contribution in [0.2, 0.25) is 0 Å². The summed E-state index contributed by atoms with van der Waals surface area (Å²) in [7, 11) is 0. The lowest BCUT2D eigenvalue weighted by atomic mass is 9.90. The molecule has 100 valence electrons. The molecule has 0 spiro atoms. The molecule has 0 atom stereocenters. The van der Waals surface area contributed by atoms with Crippen LogP contribution in [0.5, 0.6) is 0 Å². The van der Waals surface area contributed by atoms with Gasteiger partial charge < -0.3 is 4.74 Å². The Balaban J connectivity index is 2.27. The zero-order chi connectivity index (χ0) is 12.7. The number of hydrogen-bond acceptors (Lipinski definition) is 6. The maximum atomic E-state index is 11.8. The number of carbonyl (C=O) groups excluding carboxylic acids is 1. The van der Waals surface area contributed by atoms with E-state index >= 15 is 0 Å². The molecule has 6 heteroatoms. The summed E-state index contributed by atoms with van der Waals surface area (Å²) in [5.74, 6) is 0.133. The summed E-state index contributed by atoms with van der Waals surface area (Å²) < 4.78 is 8.66. The highest BCUT2D eigenvalue weighted by Crippen LogP contribution is 2.28. The molecule has 0 unspecified atom stereocenters. The molecule has 0 amide bonds. The van der Waals surface area contributed by atoms with E-state index in [-0.39, 0.29) is 5.97 Å². The molecule has 17 heavy (non-hydrogen) atoms. The molecule has 0 aromatic heterocycles. The fourth-order valence-corrected chi connectivity index (χ4v) is 2.18. The molecule has 0 radical (unpaired) electrons. The van der Waals surface area contributed by atoms with Gasteiger partial charge in [0.15, 0.2) is 0 Å². The van der Waals surface area contributed by atoms with E-state index in [2.05, 4.69) is 9.37 Å². The van der Waals surface area contributed by atoms with E-state index in [0.29, 0.717) is 12.5 Å². The van der Waals surface area contributed by atoms with Gasteiger partial charge in [0.25, 0.3) is 0 Å². The summed E-state index contributed by atoms with van der Waals surface area (Å²) in [6, 6.07) is 0. The fourth-order valence-electron chi connectivity index (χ4n) is 1.86. The maximum absolute atomic E-state index is 11.8. The molecule has 0 heterocycles. The second-order valence-corrected chi connectivity index (χ2v) is 6.16. The van der Waals surface area contributed by atoms with Gasteiger partial charge in [0, 0.05) is 0 Å². The Labute approximate surface area is 106 Å². The molecule has 1 aliphatic rings. The Morgan fingerprint density at radius 2 is 2.00 bits per heavy atom. The standard InChI is InChI=1S/C11H20O5S/c1-11(2,17-16-15-13)10(12)14-8-9-6-4-3-5-7-9/h9,13H,3-8H2,1-2H3. The summed E-state index contributed by atoms with van der Waals surface area (Å²) in [5.41, 5.74) is 0. The third-order valence-electron chi connectivity index (χ3n) is 2.94. The van der Waals surface area contributed by atoms with Crippen LogP contribution in [0.4, 0.5) is 0 Å². The van der Waals surface area contributed by atoms with Crippen molar-refractivity contribution in [2.24, 2.45) is 5.92 Å². The van der Waals surface area contributed by atoms with E-state index in [4.69, 9.17) is 9.99 Å². The summed E-state index contributed by atoms with van der Waals surface area (Å²) in [5, 5.41) is 11.5. The second-order valence-electron chi connectivity index (χ2n) is 4.84. The zero-order valence-corrected chi connectivity index (χ0v) is 11.1. The van der Waals surface area contributed by atoms with Crippen LogP contribution >= 0.6 is 12.0 Å². The predicted octanol–water partition coefficient (Wildman–Crippen LogP) is 2.96. The first-order valence-corrected chi connectivity index (χ1v) is 6.63. The van der Waals surface area contributed by atoms with Gasteiger partial charge in [0.1, 0.15) is 4.75 Å². The third kappa shape index (κ3) is 5.25. The Morgan fingerprint density at radius 1 is 1.35 bits per heavy atom. The normalized spacial score (nSPS) is 18.1. The van der Waals surface area contributed by atoms with Crippen molar-refractivity contribution in [1.29, 1.82) is 0 Å². The molecule has 1 fully saturated rings. The van der Waals surface area contributed by atoms with Gasteiger partial charge in [-0.3, -0.25) is 4.79 Å². The molecule has 0 aromatic carbocycles. The van der Waals surface area contributed by atoms with Crippen molar-refractivity contribution in [3.63, 3.8) is 0 Å². The highest BCUT2D eigenvalue weighted by molar-refractivity contribution is 7.96. The molecule has 1 N–H and O–H groups in total. The number of rotatable bonds is 6. The number of hydrogen-bond donors (Lipinski definition) is 1. The Hall–Kier alpha value is -0.300. The average molecular weight is 264 g/mol. The van der Waals surface area contributed by atoms with Gasteiger partial charge in [0.2, 0.25) is 0 Å². The minimum absolute atomic E-state index is 0.356. The molecule has 1 saturated carbocycles. The summed E-state index contributed by atoms with van der Waals surface area (Å²) in [4.78, 5) is 11.8. The molecular weight excluding hydrogens is 244 g/mol. The van der Waals surface area contributed by atoms with Crippen LogP contribution in [0.25, 0.3) is 0 Å². The molecule has 0 saturated heterocycles. The largest absolute Gasteiger partial charge is 0.464 e. The van der Waals surface area contributed by atoms with Crippen molar-refractivity contribution < 1.29 is 24.2 Å². The number of ether oxygens (including phenoxy) is 1. The quantitative estimate of drug-likeness (QED) is 0.344. The second kappa shape index (κ2) is 7.20. The van der Waals surface area contributed by atoms with Crippen LogP contribution in [0.15, 0.2) is 0 Å². The highest BCUT2D eigenvalue weighted by Gasteiger charge is 2.33. The molecule has 5 nitrogen and oxygen atoms in total. The SMILES string of the molecule is CC(C)(SOOO)C(=O)OCC1CCCCC1. The van der Waals surface area contributed by atoms with E-state index in [0.717, 1.165) is 24.9 Å². The van der Waals surface area contributed by atoms with Crippen LogP contribution < -0.4 is 0 Å². The van der Waals surface area contributed by atoms with Crippen molar-refractivity contribution in [2.45, 2.75) is 50.7 Å². The summed E-state index contributed by atoms with van der Waals surface area (Å²) in [6.07, 6.45) is 6.01. The maximum Gasteiger partial charge on any atom is 0.324 e. The van der Waals surface area contributed by atoms with Gasteiger partial charge in [-0.15, -0.1) is 4.33 Å². The molecule has 1 aliphatic carbocycles. The zero-order valence-electron chi connectivity index (χ0n) is 10.3. The predicted molar refractivity (Wildman–Crippen MR) is 64.0 cm³/mol. The van der Waals surface area contributed by atoms with Crippen molar-refractivity contribution in [2.75, 3.05) is 6.61 Å². The van der Waals surface area contributed by atoms with E-state index < -0.39 is 4.75 Å². The van der Waals surface area contributed by atoms with Crippen LogP contribution in [0.3, 0.4) is 0 Å². The topological polar surface area (TPSA) is 65.0 Å². The highest BCUT2D eigenvalue weighted by atomic mass is 32.2. The van der Waals surface area contributed by atoms with Gasteiger partial charge in [-0.05, 0) is 32.6 Å². The van der Waals surface area contributed by atoms with E-state index in [9.17, 15) is 4.79 Å². The van der Waals surface area contributed by atoms with Crippen LogP contribution in [0.1, 0.15) is 46.0 Å². The molecule has 0 aliphatic heterocycles. The minimum Gasteiger partial charge on any atom is -0.464 e. The first kappa shape index (κ1) is 14.8.